The maximum Gasteiger partial charge on any atom is 0.351 e. The quantitative estimate of drug-likeness (QED) is 0.749. The van der Waals surface area contributed by atoms with Gasteiger partial charge in [-0.05, 0) is 13.8 Å². The fraction of sp³-hybridized carbons (Fsp3) is 0.667. The average molecular weight is 301 g/mol. The van der Waals surface area contributed by atoms with Crippen molar-refractivity contribution in [2.24, 2.45) is 0 Å². The predicted octanol–water partition coefficient (Wildman–Crippen LogP) is -0.626. The fourth-order valence-corrected chi connectivity index (χ4v) is 2.67. The third kappa shape index (κ3) is 2.31. The van der Waals surface area contributed by atoms with E-state index in [1.54, 1.807) is 13.8 Å². The van der Waals surface area contributed by atoms with Crippen LogP contribution in [0, 0.1) is 5.82 Å². The Hall–Kier alpha value is -1.55. The van der Waals surface area contributed by atoms with Gasteiger partial charge < -0.3 is 25.1 Å². The molecule has 2 saturated heterocycles. The summed E-state index contributed by atoms with van der Waals surface area (Å²) in [4.78, 5) is 15.3. The number of anilines is 1. The van der Waals surface area contributed by atoms with E-state index in [0.717, 1.165) is 10.8 Å². The summed E-state index contributed by atoms with van der Waals surface area (Å²) < 4.78 is 31.4. The van der Waals surface area contributed by atoms with Crippen LogP contribution >= 0.6 is 0 Å². The van der Waals surface area contributed by atoms with E-state index in [2.05, 4.69) is 4.98 Å². The highest BCUT2D eigenvalue weighted by molar-refractivity contribution is 5.26. The normalized spacial score (nSPS) is 34.1. The lowest BCUT2D eigenvalue weighted by Crippen LogP contribution is -2.35. The molecule has 0 amide bonds. The minimum atomic E-state index is -0.941. The van der Waals surface area contributed by atoms with Crippen molar-refractivity contribution in [3.63, 3.8) is 0 Å². The maximum atomic E-state index is 13.6. The summed E-state index contributed by atoms with van der Waals surface area (Å²) in [6.45, 7) is 3.11. The van der Waals surface area contributed by atoms with E-state index in [4.69, 9.17) is 19.9 Å². The molecule has 3 heterocycles. The van der Waals surface area contributed by atoms with Gasteiger partial charge in [0, 0.05) is 0 Å². The van der Waals surface area contributed by atoms with Gasteiger partial charge in [0.15, 0.2) is 23.7 Å². The third-order valence-electron chi connectivity index (χ3n) is 3.51. The molecule has 0 bridgehead atoms. The van der Waals surface area contributed by atoms with Gasteiger partial charge in [-0.15, -0.1) is 0 Å². The number of halogens is 1. The maximum absolute atomic E-state index is 13.6. The van der Waals surface area contributed by atoms with Crippen molar-refractivity contribution in [2.45, 2.75) is 44.2 Å². The van der Waals surface area contributed by atoms with Crippen LogP contribution in [0.5, 0.6) is 0 Å². The number of nitrogens with two attached hydrogens (primary N) is 1. The van der Waals surface area contributed by atoms with Crippen molar-refractivity contribution in [1.82, 2.24) is 9.55 Å². The average Bonchev–Trinajstić information content (AvgIpc) is 2.87. The second-order valence-electron chi connectivity index (χ2n) is 5.48. The largest absolute Gasteiger partial charge is 0.394 e. The number of hydrogen-bond donors (Lipinski definition) is 2. The van der Waals surface area contributed by atoms with Crippen LogP contribution < -0.4 is 11.4 Å². The highest BCUT2D eigenvalue weighted by atomic mass is 19.1. The van der Waals surface area contributed by atoms with Gasteiger partial charge in [-0.2, -0.15) is 4.98 Å². The first kappa shape index (κ1) is 14.4. The lowest BCUT2D eigenvalue weighted by atomic mass is 10.1. The molecular formula is C12H16FN3O5. The number of nitrogens with zero attached hydrogens (tertiary/aromatic N) is 2. The van der Waals surface area contributed by atoms with Crippen LogP contribution in [0.15, 0.2) is 11.0 Å². The van der Waals surface area contributed by atoms with Gasteiger partial charge in [0.05, 0.1) is 12.8 Å². The first-order valence-corrected chi connectivity index (χ1v) is 6.48. The standard InChI is InChI=1S/C12H16FN3O5/c1-12(2)20-7-6(4-17)19-10(8(7)21-12)16-3-5(13)9(14)15-11(16)18/h3,6-8,10,17H,4H2,1-2H3,(H2,14,15,18)/t6-,7+,8+,10-/m1/s1. The van der Waals surface area contributed by atoms with Crippen molar-refractivity contribution in [3.05, 3.63) is 22.5 Å². The van der Waals surface area contributed by atoms with E-state index in [1.807, 2.05) is 0 Å². The molecule has 3 N–H and O–H groups in total. The van der Waals surface area contributed by atoms with Crippen LogP contribution in [0.25, 0.3) is 0 Å². The molecule has 3 rings (SSSR count). The van der Waals surface area contributed by atoms with Crippen LogP contribution in [0.2, 0.25) is 0 Å². The molecule has 21 heavy (non-hydrogen) atoms. The van der Waals surface area contributed by atoms with Crippen LogP contribution in [-0.4, -0.2) is 45.4 Å². The minimum Gasteiger partial charge on any atom is -0.394 e. The Labute approximate surface area is 119 Å². The number of aromatic nitrogens is 2. The number of hydrogen-bond acceptors (Lipinski definition) is 7. The highest BCUT2D eigenvalue weighted by Crippen LogP contribution is 2.42. The van der Waals surface area contributed by atoms with Crippen LogP contribution in [0.1, 0.15) is 20.1 Å². The zero-order valence-electron chi connectivity index (χ0n) is 11.5. The van der Waals surface area contributed by atoms with E-state index >= 15 is 0 Å². The Morgan fingerprint density at radius 2 is 2.14 bits per heavy atom. The number of aliphatic hydroxyl groups is 1. The molecular weight excluding hydrogens is 285 g/mol. The monoisotopic (exact) mass is 301 g/mol. The SMILES string of the molecule is CC1(C)O[C@@H]2[C@H](O1)[C@H](n1cc(F)c(N)nc1=O)O[C@@H]2CO. The van der Waals surface area contributed by atoms with Crippen molar-refractivity contribution in [1.29, 1.82) is 0 Å². The van der Waals surface area contributed by atoms with Crippen molar-refractivity contribution in [2.75, 3.05) is 12.3 Å². The molecule has 0 spiro atoms. The van der Waals surface area contributed by atoms with Crippen molar-refractivity contribution >= 4 is 5.82 Å². The molecule has 8 nitrogen and oxygen atoms in total. The van der Waals surface area contributed by atoms with E-state index in [-0.39, 0.29) is 6.61 Å². The van der Waals surface area contributed by atoms with E-state index in [0.29, 0.717) is 0 Å². The summed E-state index contributed by atoms with van der Waals surface area (Å²) in [7, 11) is 0. The number of nitrogen functional groups attached to an aromatic ring is 1. The number of rotatable bonds is 2. The van der Waals surface area contributed by atoms with E-state index in [9.17, 15) is 14.3 Å². The van der Waals surface area contributed by atoms with Gasteiger partial charge >= 0.3 is 5.69 Å². The van der Waals surface area contributed by atoms with Crippen LogP contribution in [0.3, 0.4) is 0 Å². The summed E-state index contributed by atoms with van der Waals surface area (Å²) in [5, 5.41) is 9.36. The number of fused-ring (bicyclic) bond motifs is 1. The Balaban J connectivity index is 1.99. The highest BCUT2D eigenvalue weighted by Gasteiger charge is 2.55. The molecule has 0 radical (unpaired) electrons. The number of aliphatic hydroxyl groups excluding tert-OH is 1. The summed E-state index contributed by atoms with van der Waals surface area (Å²) in [6.07, 6.45) is -1.90. The summed E-state index contributed by atoms with van der Waals surface area (Å²) in [6, 6.07) is 0. The molecule has 116 valence electrons. The van der Waals surface area contributed by atoms with Gasteiger partial charge in [-0.3, -0.25) is 4.57 Å². The number of ether oxygens (including phenoxy) is 3. The zero-order chi connectivity index (χ0) is 15.4. The van der Waals surface area contributed by atoms with Crippen LogP contribution in [0.4, 0.5) is 10.2 Å². The molecule has 2 aliphatic rings. The second kappa shape index (κ2) is 4.73. The molecule has 0 unspecified atom stereocenters. The molecule has 2 fully saturated rings. The summed E-state index contributed by atoms with van der Waals surface area (Å²) in [5.41, 5.74) is 4.50. The van der Waals surface area contributed by atoms with E-state index < -0.39 is 47.7 Å². The lowest BCUT2D eigenvalue weighted by molar-refractivity contribution is -0.200. The van der Waals surface area contributed by atoms with Crippen LogP contribution in [-0.2, 0) is 14.2 Å². The second-order valence-corrected chi connectivity index (χ2v) is 5.48. The molecule has 0 saturated carbocycles. The lowest BCUT2D eigenvalue weighted by Gasteiger charge is -2.24. The molecule has 4 atom stereocenters. The Morgan fingerprint density at radius 3 is 2.81 bits per heavy atom. The molecule has 2 aliphatic heterocycles. The Kier molecular flexibility index (Phi) is 3.24. The Bertz CT molecular complexity index is 619. The first-order chi connectivity index (χ1) is 9.82. The smallest absolute Gasteiger partial charge is 0.351 e. The van der Waals surface area contributed by atoms with Gasteiger partial charge in [-0.1, -0.05) is 0 Å². The zero-order valence-corrected chi connectivity index (χ0v) is 11.5. The topological polar surface area (TPSA) is 109 Å². The summed E-state index contributed by atoms with van der Waals surface area (Å²) in [5.74, 6) is -2.19. The molecule has 1 aromatic rings. The Morgan fingerprint density at radius 1 is 1.48 bits per heavy atom. The predicted molar refractivity (Wildman–Crippen MR) is 67.7 cm³/mol. The molecule has 9 heteroatoms. The molecule has 0 aromatic carbocycles. The van der Waals surface area contributed by atoms with Crippen molar-refractivity contribution < 1.29 is 23.7 Å². The first-order valence-electron chi connectivity index (χ1n) is 6.48. The van der Waals surface area contributed by atoms with Gasteiger partial charge in [-0.25, -0.2) is 9.18 Å². The van der Waals surface area contributed by atoms with E-state index in [1.165, 1.54) is 0 Å². The van der Waals surface area contributed by atoms with Crippen molar-refractivity contribution in [3.8, 4) is 0 Å². The van der Waals surface area contributed by atoms with Gasteiger partial charge in [0.2, 0.25) is 0 Å². The summed E-state index contributed by atoms with van der Waals surface area (Å²) >= 11 is 0. The third-order valence-corrected chi connectivity index (χ3v) is 3.51. The van der Waals surface area contributed by atoms with Gasteiger partial charge in [0.25, 0.3) is 0 Å². The molecule has 0 aliphatic carbocycles. The fourth-order valence-electron chi connectivity index (χ4n) is 2.67. The molecule has 1 aromatic heterocycles. The minimum absolute atomic E-state index is 0.309. The van der Waals surface area contributed by atoms with Gasteiger partial charge in [0.1, 0.15) is 18.3 Å².